The van der Waals surface area contributed by atoms with Crippen LogP contribution in [0, 0.1) is 5.92 Å². The Labute approximate surface area is 115 Å². The highest BCUT2D eigenvalue weighted by atomic mass is 19.4. The second kappa shape index (κ2) is 9.59. The Bertz CT molecular complexity index is 217. The van der Waals surface area contributed by atoms with Gasteiger partial charge >= 0.3 is 6.18 Å². The molecule has 0 aromatic carbocycles. The fourth-order valence-corrected chi connectivity index (χ4v) is 2.19. The molecule has 0 saturated carbocycles. The van der Waals surface area contributed by atoms with Crippen molar-refractivity contribution in [1.29, 1.82) is 0 Å². The average Bonchev–Trinajstić information content (AvgIpc) is 2.25. The molecule has 116 valence electrons. The largest absolute Gasteiger partial charge is 0.401 e. The maximum absolute atomic E-state index is 12.6. The topological polar surface area (TPSA) is 15.3 Å². The van der Waals surface area contributed by atoms with Gasteiger partial charge in [0.15, 0.2) is 0 Å². The van der Waals surface area contributed by atoms with E-state index in [4.69, 9.17) is 0 Å². The van der Waals surface area contributed by atoms with Gasteiger partial charge in [-0.1, -0.05) is 34.1 Å². The number of alkyl halides is 3. The maximum atomic E-state index is 12.6. The highest BCUT2D eigenvalue weighted by molar-refractivity contribution is 4.76. The number of rotatable bonds is 10. The van der Waals surface area contributed by atoms with Gasteiger partial charge in [0.2, 0.25) is 0 Å². The lowest BCUT2D eigenvalue weighted by Gasteiger charge is -2.32. The summed E-state index contributed by atoms with van der Waals surface area (Å²) in [6.07, 6.45) is -1.65. The van der Waals surface area contributed by atoms with E-state index >= 15 is 0 Å². The number of halogens is 3. The van der Waals surface area contributed by atoms with E-state index in [1.54, 1.807) is 4.90 Å². The van der Waals surface area contributed by atoms with Crippen LogP contribution < -0.4 is 5.32 Å². The summed E-state index contributed by atoms with van der Waals surface area (Å²) >= 11 is 0. The third kappa shape index (κ3) is 10.2. The lowest BCUT2D eigenvalue weighted by Crippen LogP contribution is -2.47. The van der Waals surface area contributed by atoms with Gasteiger partial charge in [-0.2, -0.15) is 13.2 Å². The lowest BCUT2D eigenvalue weighted by molar-refractivity contribution is -0.151. The maximum Gasteiger partial charge on any atom is 0.401 e. The second-order valence-electron chi connectivity index (χ2n) is 5.58. The Morgan fingerprint density at radius 2 is 1.68 bits per heavy atom. The molecular formula is C14H29F3N2. The average molecular weight is 282 g/mol. The van der Waals surface area contributed by atoms with Crippen LogP contribution in [-0.2, 0) is 0 Å². The molecule has 0 saturated heterocycles. The standard InChI is InChI=1S/C14H29F3N2/c1-5-7-13(10-18-9-12(3)4)19(8-6-2)11-14(15,16)17/h12-13,18H,5-11H2,1-4H3. The van der Waals surface area contributed by atoms with Crippen molar-refractivity contribution in [2.24, 2.45) is 5.92 Å². The van der Waals surface area contributed by atoms with Crippen molar-refractivity contribution in [2.45, 2.75) is 59.2 Å². The summed E-state index contributed by atoms with van der Waals surface area (Å²) < 4.78 is 37.9. The van der Waals surface area contributed by atoms with Gasteiger partial charge in [0.05, 0.1) is 6.54 Å². The minimum absolute atomic E-state index is 0.0228. The Balaban J connectivity index is 4.47. The zero-order valence-electron chi connectivity index (χ0n) is 12.7. The monoisotopic (exact) mass is 282 g/mol. The fourth-order valence-electron chi connectivity index (χ4n) is 2.19. The normalized spacial score (nSPS) is 14.4. The summed E-state index contributed by atoms with van der Waals surface area (Å²) in [7, 11) is 0. The number of hydrogen-bond donors (Lipinski definition) is 1. The van der Waals surface area contributed by atoms with Gasteiger partial charge in [-0.3, -0.25) is 4.90 Å². The third-order valence-corrected chi connectivity index (χ3v) is 2.96. The Morgan fingerprint density at radius 3 is 2.11 bits per heavy atom. The third-order valence-electron chi connectivity index (χ3n) is 2.96. The molecule has 19 heavy (non-hydrogen) atoms. The molecular weight excluding hydrogens is 253 g/mol. The van der Waals surface area contributed by atoms with Crippen LogP contribution in [0.5, 0.6) is 0 Å². The van der Waals surface area contributed by atoms with Gasteiger partial charge < -0.3 is 5.32 Å². The van der Waals surface area contributed by atoms with Crippen molar-refractivity contribution in [3.8, 4) is 0 Å². The summed E-state index contributed by atoms with van der Waals surface area (Å²) in [4.78, 5) is 1.58. The van der Waals surface area contributed by atoms with E-state index in [1.165, 1.54) is 0 Å². The predicted octanol–water partition coefficient (Wildman–Crippen LogP) is 3.68. The first kappa shape index (κ1) is 18.7. The van der Waals surface area contributed by atoms with E-state index in [9.17, 15) is 13.2 Å². The van der Waals surface area contributed by atoms with Crippen molar-refractivity contribution in [3.63, 3.8) is 0 Å². The molecule has 0 rings (SSSR count). The van der Waals surface area contributed by atoms with E-state index in [1.807, 2.05) is 13.8 Å². The minimum atomic E-state index is -4.11. The molecule has 0 fully saturated rings. The molecule has 5 heteroatoms. The molecule has 0 bridgehead atoms. The van der Waals surface area contributed by atoms with Gasteiger partial charge in [0, 0.05) is 12.6 Å². The van der Waals surface area contributed by atoms with Crippen LogP contribution >= 0.6 is 0 Å². The molecule has 0 spiro atoms. The van der Waals surface area contributed by atoms with Gasteiger partial charge in [-0.25, -0.2) is 0 Å². The van der Waals surface area contributed by atoms with Crippen LogP contribution in [0.3, 0.4) is 0 Å². The first-order valence-corrected chi connectivity index (χ1v) is 7.31. The van der Waals surface area contributed by atoms with Crippen LogP contribution in [0.1, 0.15) is 47.0 Å². The highest BCUT2D eigenvalue weighted by Gasteiger charge is 2.33. The molecule has 0 amide bonds. The van der Waals surface area contributed by atoms with Gasteiger partial charge in [-0.15, -0.1) is 0 Å². The zero-order valence-corrected chi connectivity index (χ0v) is 12.7. The summed E-state index contributed by atoms with van der Waals surface area (Å²) in [5, 5.41) is 3.29. The van der Waals surface area contributed by atoms with Crippen LogP contribution in [0.4, 0.5) is 13.2 Å². The van der Waals surface area contributed by atoms with E-state index in [2.05, 4.69) is 19.2 Å². The van der Waals surface area contributed by atoms with Crippen LogP contribution in [-0.4, -0.2) is 43.3 Å². The summed E-state index contributed by atoms with van der Waals surface area (Å²) in [6.45, 7) is 9.35. The fraction of sp³-hybridized carbons (Fsp3) is 1.00. The molecule has 2 nitrogen and oxygen atoms in total. The van der Waals surface area contributed by atoms with Crippen LogP contribution in [0.15, 0.2) is 0 Å². The molecule has 0 aromatic heterocycles. The Morgan fingerprint density at radius 1 is 1.05 bits per heavy atom. The molecule has 0 aliphatic rings. The molecule has 1 atom stereocenters. The summed E-state index contributed by atoms with van der Waals surface area (Å²) in [6, 6.07) is -0.0228. The SMILES string of the molecule is CCCC(CNCC(C)C)N(CCC)CC(F)(F)F. The first-order chi connectivity index (χ1) is 8.80. The van der Waals surface area contributed by atoms with Crippen molar-refractivity contribution >= 4 is 0 Å². The number of nitrogens with one attached hydrogen (secondary N) is 1. The smallest absolute Gasteiger partial charge is 0.315 e. The molecule has 1 unspecified atom stereocenters. The molecule has 0 aliphatic carbocycles. The van der Waals surface area contributed by atoms with Gasteiger partial charge in [0.25, 0.3) is 0 Å². The highest BCUT2D eigenvalue weighted by Crippen LogP contribution is 2.19. The van der Waals surface area contributed by atoms with E-state index in [0.717, 1.165) is 25.8 Å². The first-order valence-electron chi connectivity index (χ1n) is 7.31. The number of hydrogen-bond acceptors (Lipinski definition) is 2. The van der Waals surface area contributed by atoms with E-state index < -0.39 is 12.7 Å². The summed E-state index contributed by atoms with van der Waals surface area (Å²) in [5.74, 6) is 0.518. The van der Waals surface area contributed by atoms with Gasteiger partial charge in [-0.05, 0) is 31.8 Å². The van der Waals surface area contributed by atoms with Crippen molar-refractivity contribution in [2.75, 3.05) is 26.2 Å². The van der Waals surface area contributed by atoms with E-state index in [0.29, 0.717) is 19.0 Å². The van der Waals surface area contributed by atoms with Crippen molar-refractivity contribution < 1.29 is 13.2 Å². The lowest BCUT2D eigenvalue weighted by atomic mass is 10.1. The Hall–Kier alpha value is -0.290. The second-order valence-corrected chi connectivity index (χ2v) is 5.58. The molecule has 1 N–H and O–H groups in total. The van der Waals surface area contributed by atoms with Crippen molar-refractivity contribution in [1.82, 2.24) is 10.2 Å². The quantitative estimate of drug-likeness (QED) is 0.657. The minimum Gasteiger partial charge on any atom is -0.315 e. The predicted molar refractivity (Wildman–Crippen MR) is 74.3 cm³/mol. The van der Waals surface area contributed by atoms with E-state index in [-0.39, 0.29) is 6.04 Å². The molecule has 0 aliphatic heterocycles. The van der Waals surface area contributed by atoms with Crippen LogP contribution in [0.25, 0.3) is 0 Å². The zero-order chi connectivity index (χ0) is 14.9. The summed E-state index contributed by atoms with van der Waals surface area (Å²) in [5.41, 5.74) is 0. The molecule has 0 aromatic rings. The van der Waals surface area contributed by atoms with Crippen LogP contribution in [0.2, 0.25) is 0 Å². The molecule has 0 heterocycles. The Kier molecular flexibility index (Phi) is 9.44. The van der Waals surface area contributed by atoms with Crippen molar-refractivity contribution in [3.05, 3.63) is 0 Å². The molecule has 0 radical (unpaired) electrons. The number of nitrogens with zero attached hydrogens (tertiary/aromatic N) is 1. The van der Waals surface area contributed by atoms with Gasteiger partial charge in [0.1, 0.15) is 0 Å².